The van der Waals surface area contributed by atoms with Gasteiger partial charge in [0.15, 0.2) is 0 Å². The fourth-order valence-corrected chi connectivity index (χ4v) is 5.09. The first-order valence-electron chi connectivity index (χ1n) is 12.0. The second-order valence-corrected chi connectivity index (χ2v) is 9.90. The Hall–Kier alpha value is 0.246. The van der Waals surface area contributed by atoms with Crippen LogP contribution in [0.1, 0.15) is 102 Å². The number of hydrogen-bond acceptors (Lipinski definition) is 3. The normalized spacial score (nSPS) is 11.6. The molecular formula is C26H39KO3S. The molecule has 0 amide bonds. The first-order chi connectivity index (χ1) is 14.5. The second-order valence-electron chi connectivity index (χ2n) is 8.55. The standard InChI is InChI=1S/C26H40O3S.K/c1-3-5-7-9-11-13-17-22-21-26(30(27,28)29)25-20-16-15-19-24(25)23(22)18-14-12-10-8-6-4-2;/h15-16,19-21H,3-14,17-18H2,1-2H3,(H,27,28,29);/q;+1/p-1. The predicted octanol–water partition coefficient (Wildman–Crippen LogP) is 4.55. The molecule has 5 heteroatoms. The fourth-order valence-electron chi connectivity index (χ4n) is 4.36. The Labute approximate surface area is 233 Å². The summed E-state index contributed by atoms with van der Waals surface area (Å²) in [6, 6.07) is 9.21. The van der Waals surface area contributed by atoms with Gasteiger partial charge in [-0.05, 0) is 53.6 Å². The van der Waals surface area contributed by atoms with Crippen LogP contribution in [-0.4, -0.2) is 13.0 Å². The first kappa shape index (κ1) is 29.3. The summed E-state index contributed by atoms with van der Waals surface area (Å²) in [6.07, 6.45) is 16.4. The van der Waals surface area contributed by atoms with E-state index in [2.05, 4.69) is 13.8 Å². The number of benzene rings is 2. The summed E-state index contributed by atoms with van der Waals surface area (Å²) in [4.78, 5) is -0.0502. The summed E-state index contributed by atoms with van der Waals surface area (Å²) in [7, 11) is -4.50. The van der Waals surface area contributed by atoms with E-state index < -0.39 is 10.1 Å². The number of aryl methyl sites for hydroxylation is 2. The fraction of sp³-hybridized carbons (Fsp3) is 0.615. The molecule has 0 N–H and O–H groups in total. The van der Waals surface area contributed by atoms with E-state index >= 15 is 0 Å². The third-order valence-electron chi connectivity index (χ3n) is 6.06. The molecule has 0 bridgehead atoms. The van der Waals surface area contributed by atoms with Crippen molar-refractivity contribution in [1.82, 2.24) is 0 Å². The van der Waals surface area contributed by atoms with Crippen LogP contribution in [0.5, 0.6) is 0 Å². The van der Waals surface area contributed by atoms with E-state index in [1.807, 2.05) is 18.2 Å². The molecule has 0 aromatic heterocycles. The number of rotatable bonds is 15. The van der Waals surface area contributed by atoms with E-state index in [4.69, 9.17) is 0 Å². The van der Waals surface area contributed by atoms with Crippen LogP contribution in [0.15, 0.2) is 35.2 Å². The van der Waals surface area contributed by atoms with Crippen molar-refractivity contribution in [3.63, 3.8) is 0 Å². The maximum absolute atomic E-state index is 12.0. The van der Waals surface area contributed by atoms with Crippen LogP contribution >= 0.6 is 0 Å². The number of unbranched alkanes of at least 4 members (excludes halogenated alkanes) is 10. The Bertz CT molecular complexity index is 878. The molecule has 31 heavy (non-hydrogen) atoms. The molecule has 2 rings (SSSR count). The molecule has 0 unspecified atom stereocenters. The maximum Gasteiger partial charge on any atom is 1.00 e. The monoisotopic (exact) mass is 470 g/mol. The summed E-state index contributed by atoms with van der Waals surface area (Å²) < 4.78 is 35.9. The predicted molar refractivity (Wildman–Crippen MR) is 126 cm³/mol. The van der Waals surface area contributed by atoms with Crippen LogP contribution in [0, 0.1) is 0 Å². The Morgan fingerprint density at radius 2 is 1.19 bits per heavy atom. The first-order valence-corrected chi connectivity index (χ1v) is 13.4. The molecule has 0 saturated carbocycles. The quantitative estimate of drug-likeness (QED) is 0.218. The third-order valence-corrected chi connectivity index (χ3v) is 6.94. The average Bonchev–Trinajstić information content (AvgIpc) is 2.72. The van der Waals surface area contributed by atoms with Crippen LogP contribution in [0.3, 0.4) is 0 Å². The van der Waals surface area contributed by atoms with Crippen molar-refractivity contribution in [3.8, 4) is 0 Å². The summed E-state index contributed by atoms with van der Waals surface area (Å²) in [5, 5.41) is 1.53. The largest absolute Gasteiger partial charge is 1.00 e. The molecule has 0 heterocycles. The minimum atomic E-state index is -4.50. The van der Waals surface area contributed by atoms with Gasteiger partial charge < -0.3 is 4.55 Å². The maximum atomic E-state index is 12.0. The van der Waals surface area contributed by atoms with Crippen molar-refractivity contribution < 1.29 is 64.4 Å². The van der Waals surface area contributed by atoms with Gasteiger partial charge in [-0.3, -0.25) is 0 Å². The topological polar surface area (TPSA) is 57.2 Å². The van der Waals surface area contributed by atoms with Gasteiger partial charge in [-0.1, -0.05) is 102 Å². The molecule has 168 valence electrons. The van der Waals surface area contributed by atoms with Gasteiger partial charge in [0.1, 0.15) is 10.1 Å². The Morgan fingerprint density at radius 1 is 0.710 bits per heavy atom. The molecule has 0 aliphatic heterocycles. The van der Waals surface area contributed by atoms with Gasteiger partial charge in [0.2, 0.25) is 0 Å². The number of hydrogen-bond donors (Lipinski definition) is 0. The second kappa shape index (κ2) is 16.0. The van der Waals surface area contributed by atoms with Gasteiger partial charge in [-0.25, -0.2) is 8.42 Å². The van der Waals surface area contributed by atoms with E-state index in [1.54, 1.807) is 12.1 Å². The zero-order chi connectivity index (χ0) is 21.8. The average molecular weight is 471 g/mol. The Kier molecular flexibility index (Phi) is 15.1. The molecule has 0 radical (unpaired) electrons. The van der Waals surface area contributed by atoms with E-state index in [-0.39, 0.29) is 56.3 Å². The molecule has 0 atom stereocenters. The smallest absolute Gasteiger partial charge is 0.744 e. The van der Waals surface area contributed by atoms with Crippen LogP contribution < -0.4 is 51.4 Å². The van der Waals surface area contributed by atoms with Gasteiger partial charge in [0.25, 0.3) is 0 Å². The van der Waals surface area contributed by atoms with Gasteiger partial charge >= 0.3 is 51.4 Å². The van der Waals surface area contributed by atoms with E-state index in [0.717, 1.165) is 43.1 Å². The van der Waals surface area contributed by atoms with Crippen LogP contribution in [0.25, 0.3) is 10.8 Å². The van der Waals surface area contributed by atoms with Crippen molar-refractivity contribution in [3.05, 3.63) is 41.5 Å². The number of fused-ring (bicyclic) bond motifs is 1. The molecular weight excluding hydrogens is 431 g/mol. The van der Waals surface area contributed by atoms with Crippen molar-refractivity contribution in [2.75, 3.05) is 0 Å². The van der Waals surface area contributed by atoms with Gasteiger partial charge in [0.05, 0.1) is 4.90 Å². The van der Waals surface area contributed by atoms with Gasteiger partial charge in [0, 0.05) is 0 Å². The molecule has 0 aliphatic rings. The summed E-state index contributed by atoms with van der Waals surface area (Å²) in [5.74, 6) is 0. The van der Waals surface area contributed by atoms with E-state index in [9.17, 15) is 13.0 Å². The zero-order valence-corrected chi connectivity index (χ0v) is 23.9. The van der Waals surface area contributed by atoms with Crippen molar-refractivity contribution >= 4 is 20.9 Å². The molecule has 2 aromatic carbocycles. The molecule has 0 saturated heterocycles. The summed E-state index contributed by atoms with van der Waals surface area (Å²) in [6.45, 7) is 4.45. The molecule has 3 nitrogen and oxygen atoms in total. The molecule has 0 aliphatic carbocycles. The Morgan fingerprint density at radius 3 is 1.74 bits per heavy atom. The van der Waals surface area contributed by atoms with Crippen LogP contribution in [-0.2, 0) is 23.0 Å². The third kappa shape index (κ3) is 9.95. The Balaban J connectivity index is 0.00000480. The van der Waals surface area contributed by atoms with Crippen molar-refractivity contribution in [2.24, 2.45) is 0 Å². The minimum absolute atomic E-state index is 0. The van der Waals surface area contributed by atoms with Crippen LogP contribution in [0.2, 0.25) is 0 Å². The SMILES string of the molecule is CCCCCCCCc1cc(S(=O)(=O)[O-])c2ccccc2c1CCCCCCCC.[K+]. The van der Waals surface area contributed by atoms with E-state index in [1.165, 1.54) is 63.4 Å². The van der Waals surface area contributed by atoms with Crippen molar-refractivity contribution in [1.29, 1.82) is 0 Å². The summed E-state index contributed by atoms with van der Waals surface area (Å²) in [5.41, 5.74) is 2.31. The van der Waals surface area contributed by atoms with E-state index in [0.29, 0.717) is 5.39 Å². The molecule has 0 spiro atoms. The zero-order valence-electron chi connectivity index (χ0n) is 19.9. The van der Waals surface area contributed by atoms with Crippen molar-refractivity contribution in [2.45, 2.75) is 109 Å². The summed E-state index contributed by atoms with van der Waals surface area (Å²) >= 11 is 0. The van der Waals surface area contributed by atoms with Gasteiger partial charge in [-0.2, -0.15) is 0 Å². The minimum Gasteiger partial charge on any atom is -0.744 e. The molecule has 0 fully saturated rings. The van der Waals surface area contributed by atoms with Gasteiger partial charge in [-0.15, -0.1) is 0 Å². The molecule has 2 aromatic rings. The van der Waals surface area contributed by atoms with Crippen LogP contribution in [0.4, 0.5) is 0 Å².